The van der Waals surface area contributed by atoms with E-state index in [0.29, 0.717) is 18.0 Å². The molecule has 0 aliphatic rings. The molecule has 2 amide bonds. The molecule has 0 bridgehead atoms. The van der Waals surface area contributed by atoms with Crippen molar-refractivity contribution in [1.29, 1.82) is 0 Å². The SMILES string of the molecule is CCNC(=O)[C@H](C)N(Cc1ccc(OC)cc1)C(=O)CN(c1ccccc1)S(=O)(=O)c1ccc(C)cc1. The van der Waals surface area contributed by atoms with E-state index < -0.39 is 28.5 Å². The standard InChI is InChI=1S/C28H33N3O5S/c1-5-29-28(33)22(3)30(19-23-13-15-25(36-4)16-14-23)27(32)20-31(24-9-7-6-8-10-24)37(34,35)26-17-11-21(2)12-18-26/h6-18,22H,5,19-20H2,1-4H3,(H,29,33)/t22-/m0/s1. The summed E-state index contributed by atoms with van der Waals surface area (Å²) in [6, 6.07) is 21.3. The predicted molar refractivity (Wildman–Crippen MR) is 144 cm³/mol. The second-order valence-electron chi connectivity index (χ2n) is 8.60. The Balaban J connectivity index is 1.98. The Morgan fingerprint density at radius 3 is 2.14 bits per heavy atom. The molecule has 0 saturated heterocycles. The lowest BCUT2D eigenvalue weighted by Gasteiger charge is -2.32. The molecule has 1 atom stereocenters. The van der Waals surface area contributed by atoms with Crippen LogP contribution in [-0.2, 0) is 26.2 Å². The number of carbonyl (C=O) groups excluding carboxylic acids is 2. The Morgan fingerprint density at radius 1 is 0.946 bits per heavy atom. The number of anilines is 1. The van der Waals surface area contributed by atoms with Crippen molar-refractivity contribution in [2.75, 3.05) is 24.5 Å². The summed E-state index contributed by atoms with van der Waals surface area (Å²) in [5.74, 6) is -0.163. The van der Waals surface area contributed by atoms with Crippen molar-refractivity contribution in [2.45, 2.75) is 38.3 Å². The van der Waals surface area contributed by atoms with Gasteiger partial charge in [-0.2, -0.15) is 0 Å². The fraction of sp³-hybridized carbons (Fsp3) is 0.286. The smallest absolute Gasteiger partial charge is 0.264 e. The third kappa shape index (κ3) is 6.89. The zero-order chi connectivity index (χ0) is 27.0. The maximum atomic E-state index is 13.8. The molecule has 0 aliphatic heterocycles. The van der Waals surface area contributed by atoms with E-state index in [0.717, 1.165) is 15.4 Å². The molecule has 9 heteroatoms. The van der Waals surface area contributed by atoms with Gasteiger partial charge in [0.2, 0.25) is 11.8 Å². The second kappa shape index (κ2) is 12.4. The van der Waals surface area contributed by atoms with Crippen LogP contribution in [0.5, 0.6) is 5.75 Å². The molecule has 3 aromatic carbocycles. The van der Waals surface area contributed by atoms with Crippen molar-refractivity contribution < 1.29 is 22.7 Å². The Kier molecular flexibility index (Phi) is 9.30. The lowest BCUT2D eigenvalue weighted by Crippen LogP contribution is -2.51. The Bertz CT molecular complexity index is 1290. The summed E-state index contributed by atoms with van der Waals surface area (Å²) in [7, 11) is -2.50. The lowest BCUT2D eigenvalue weighted by molar-refractivity contribution is -0.139. The number of amides is 2. The number of methoxy groups -OCH3 is 1. The van der Waals surface area contributed by atoms with Gasteiger partial charge in [-0.25, -0.2) is 8.42 Å². The van der Waals surface area contributed by atoms with E-state index in [-0.39, 0.29) is 17.3 Å². The molecule has 1 N–H and O–H groups in total. The van der Waals surface area contributed by atoms with Gasteiger partial charge in [0, 0.05) is 13.1 Å². The summed E-state index contributed by atoms with van der Waals surface area (Å²) < 4.78 is 33.7. The topological polar surface area (TPSA) is 96.0 Å². The van der Waals surface area contributed by atoms with Gasteiger partial charge in [0.05, 0.1) is 17.7 Å². The molecule has 0 aliphatic carbocycles. The van der Waals surface area contributed by atoms with Crippen LogP contribution in [0.2, 0.25) is 0 Å². The summed E-state index contributed by atoms with van der Waals surface area (Å²) in [6.45, 7) is 5.36. The number of rotatable bonds is 11. The van der Waals surface area contributed by atoms with Crippen LogP contribution in [0.3, 0.4) is 0 Å². The average molecular weight is 524 g/mol. The fourth-order valence-corrected chi connectivity index (χ4v) is 5.21. The highest BCUT2D eigenvalue weighted by molar-refractivity contribution is 7.92. The van der Waals surface area contributed by atoms with E-state index in [9.17, 15) is 18.0 Å². The van der Waals surface area contributed by atoms with Crippen LogP contribution >= 0.6 is 0 Å². The molecule has 0 saturated carbocycles. The predicted octanol–water partition coefficient (Wildman–Crippen LogP) is 3.75. The third-order valence-electron chi connectivity index (χ3n) is 5.96. The quantitative estimate of drug-likeness (QED) is 0.413. The van der Waals surface area contributed by atoms with Gasteiger partial charge < -0.3 is 15.0 Å². The molecule has 0 spiro atoms. The number of benzene rings is 3. The summed E-state index contributed by atoms with van der Waals surface area (Å²) in [6.07, 6.45) is 0. The zero-order valence-electron chi connectivity index (χ0n) is 21.5. The van der Waals surface area contributed by atoms with E-state index in [1.807, 2.05) is 19.1 Å². The minimum Gasteiger partial charge on any atom is -0.497 e. The van der Waals surface area contributed by atoms with Crippen LogP contribution in [0.1, 0.15) is 25.0 Å². The van der Waals surface area contributed by atoms with Gasteiger partial charge in [-0.15, -0.1) is 0 Å². The minimum atomic E-state index is -4.07. The number of ether oxygens (including phenoxy) is 1. The van der Waals surface area contributed by atoms with Crippen LogP contribution in [0.4, 0.5) is 5.69 Å². The van der Waals surface area contributed by atoms with Gasteiger partial charge in [-0.1, -0.05) is 48.0 Å². The number of nitrogens with one attached hydrogen (secondary N) is 1. The number of nitrogens with zero attached hydrogens (tertiary/aromatic N) is 2. The monoisotopic (exact) mass is 523 g/mol. The van der Waals surface area contributed by atoms with E-state index in [2.05, 4.69) is 5.32 Å². The maximum absolute atomic E-state index is 13.8. The highest BCUT2D eigenvalue weighted by Crippen LogP contribution is 2.25. The molecule has 0 unspecified atom stereocenters. The number of para-hydroxylation sites is 1. The first kappa shape index (κ1) is 27.7. The molecule has 0 aromatic heterocycles. The Hall–Kier alpha value is -3.85. The van der Waals surface area contributed by atoms with Gasteiger partial charge in [-0.05, 0) is 62.7 Å². The normalized spacial score (nSPS) is 11.9. The number of sulfonamides is 1. The zero-order valence-corrected chi connectivity index (χ0v) is 22.4. The van der Waals surface area contributed by atoms with Crippen LogP contribution in [0, 0.1) is 6.92 Å². The van der Waals surface area contributed by atoms with Crippen molar-refractivity contribution in [2.24, 2.45) is 0 Å². The van der Waals surface area contributed by atoms with Gasteiger partial charge in [0.25, 0.3) is 10.0 Å². The number of carbonyl (C=O) groups is 2. The van der Waals surface area contributed by atoms with Gasteiger partial charge in [0.15, 0.2) is 0 Å². The first-order chi connectivity index (χ1) is 17.7. The lowest BCUT2D eigenvalue weighted by atomic mass is 10.1. The van der Waals surface area contributed by atoms with Gasteiger partial charge in [-0.3, -0.25) is 13.9 Å². The molecule has 0 heterocycles. The summed E-state index contributed by atoms with van der Waals surface area (Å²) in [4.78, 5) is 28.0. The van der Waals surface area contributed by atoms with Crippen LogP contribution < -0.4 is 14.4 Å². The molecule has 8 nitrogen and oxygen atoms in total. The summed E-state index contributed by atoms with van der Waals surface area (Å²) in [5, 5.41) is 2.75. The average Bonchev–Trinajstić information content (AvgIpc) is 2.91. The van der Waals surface area contributed by atoms with E-state index in [1.54, 1.807) is 75.6 Å². The molecular formula is C28H33N3O5S. The van der Waals surface area contributed by atoms with Crippen LogP contribution in [0.25, 0.3) is 0 Å². The largest absolute Gasteiger partial charge is 0.497 e. The van der Waals surface area contributed by atoms with Crippen molar-refractivity contribution in [3.05, 3.63) is 90.0 Å². The van der Waals surface area contributed by atoms with Crippen LogP contribution in [0.15, 0.2) is 83.8 Å². The Morgan fingerprint density at radius 2 is 1.57 bits per heavy atom. The van der Waals surface area contributed by atoms with Gasteiger partial charge >= 0.3 is 0 Å². The second-order valence-corrected chi connectivity index (χ2v) is 10.5. The van der Waals surface area contributed by atoms with Crippen molar-refractivity contribution >= 4 is 27.5 Å². The van der Waals surface area contributed by atoms with E-state index in [4.69, 9.17) is 4.74 Å². The third-order valence-corrected chi connectivity index (χ3v) is 7.75. The number of likely N-dealkylation sites (N-methyl/N-ethyl adjacent to an activating group) is 1. The van der Waals surface area contributed by atoms with Gasteiger partial charge in [0.1, 0.15) is 18.3 Å². The molecule has 0 fully saturated rings. The molecule has 3 aromatic rings. The highest BCUT2D eigenvalue weighted by Gasteiger charge is 2.32. The molecule has 3 rings (SSSR count). The summed E-state index contributed by atoms with van der Waals surface area (Å²) in [5.41, 5.74) is 2.05. The molecular weight excluding hydrogens is 490 g/mol. The number of aryl methyl sites for hydroxylation is 1. The van der Waals surface area contributed by atoms with Crippen molar-refractivity contribution in [1.82, 2.24) is 10.2 Å². The van der Waals surface area contributed by atoms with E-state index >= 15 is 0 Å². The first-order valence-electron chi connectivity index (χ1n) is 12.0. The Labute approximate surface area is 218 Å². The summed E-state index contributed by atoms with van der Waals surface area (Å²) >= 11 is 0. The fourth-order valence-electron chi connectivity index (χ4n) is 3.79. The minimum absolute atomic E-state index is 0.0771. The van der Waals surface area contributed by atoms with Crippen molar-refractivity contribution in [3.63, 3.8) is 0 Å². The molecule has 0 radical (unpaired) electrons. The number of hydrogen-bond acceptors (Lipinski definition) is 5. The van der Waals surface area contributed by atoms with E-state index in [1.165, 1.54) is 17.0 Å². The maximum Gasteiger partial charge on any atom is 0.264 e. The first-order valence-corrected chi connectivity index (χ1v) is 13.5. The number of hydrogen-bond donors (Lipinski definition) is 1. The molecule has 196 valence electrons. The molecule has 37 heavy (non-hydrogen) atoms. The van der Waals surface area contributed by atoms with Crippen molar-refractivity contribution in [3.8, 4) is 5.75 Å². The highest BCUT2D eigenvalue weighted by atomic mass is 32.2. The van der Waals surface area contributed by atoms with Crippen LogP contribution in [-0.4, -0.2) is 51.4 Å².